The summed E-state index contributed by atoms with van der Waals surface area (Å²) >= 11 is 0. The maximum absolute atomic E-state index is 13.6. The molecule has 0 aliphatic carbocycles. The molecule has 11 nitrogen and oxygen atoms in total. The zero-order valence-corrected chi connectivity index (χ0v) is 22.9. The van der Waals surface area contributed by atoms with Crippen LogP contribution in [0.25, 0.3) is 0 Å². The maximum Gasteiger partial charge on any atom is 0.328 e. The number of dihydropyridines is 1. The number of amides is 3. The molecule has 2 aromatic rings. The first-order valence-electron chi connectivity index (χ1n) is 13.7. The highest BCUT2D eigenvalue weighted by molar-refractivity contribution is 5.91. The first kappa shape index (κ1) is 27.0. The molecule has 0 spiro atoms. The molecular formula is C29H33FN6O5. The number of aromatic nitrogens is 1. The van der Waals surface area contributed by atoms with Crippen molar-refractivity contribution in [1.82, 2.24) is 25.4 Å². The average molecular weight is 565 g/mol. The number of carbonyl (C=O) groups is 2. The van der Waals surface area contributed by atoms with E-state index in [1.807, 2.05) is 19.9 Å². The molecule has 3 N–H and O–H groups in total. The van der Waals surface area contributed by atoms with E-state index in [1.54, 1.807) is 41.4 Å². The fourth-order valence-corrected chi connectivity index (χ4v) is 5.43. The number of anilines is 1. The van der Waals surface area contributed by atoms with Crippen LogP contribution in [0, 0.1) is 5.82 Å². The lowest BCUT2D eigenvalue weighted by Gasteiger charge is -2.40. The Bertz CT molecular complexity index is 1380. The SMILES string of the molecule is CC1(C)OC[C@H](COc2ccnc(NC(=O)N3C4=C(C=CC(C(=O)NCc5ccc(F)cc5)N4)N4CC[C@H]3C4)c2)O1. The van der Waals surface area contributed by atoms with Gasteiger partial charge in [0.2, 0.25) is 5.91 Å². The van der Waals surface area contributed by atoms with Crippen LogP contribution in [-0.2, 0) is 20.8 Å². The summed E-state index contributed by atoms with van der Waals surface area (Å²) in [4.78, 5) is 34.8. The molecule has 216 valence electrons. The van der Waals surface area contributed by atoms with Gasteiger partial charge in [-0.25, -0.2) is 14.2 Å². The van der Waals surface area contributed by atoms with Crippen molar-refractivity contribution in [2.45, 2.75) is 50.8 Å². The van der Waals surface area contributed by atoms with Crippen molar-refractivity contribution in [2.24, 2.45) is 0 Å². The summed E-state index contributed by atoms with van der Waals surface area (Å²) in [5.41, 5.74) is 1.65. The van der Waals surface area contributed by atoms with Gasteiger partial charge in [0, 0.05) is 31.9 Å². The van der Waals surface area contributed by atoms with Crippen molar-refractivity contribution in [3.63, 3.8) is 0 Å². The van der Waals surface area contributed by atoms with Gasteiger partial charge in [0.1, 0.15) is 42.0 Å². The number of benzene rings is 1. The third kappa shape index (κ3) is 5.98. The van der Waals surface area contributed by atoms with Crippen LogP contribution in [0.15, 0.2) is 66.3 Å². The number of hydrogen-bond donors (Lipinski definition) is 3. The molecular weight excluding hydrogens is 531 g/mol. The summed E-state index contributed by atoms with van der Waals surface area (Å²) in [6, 6.07) is 8.27. The summed E-state index contributed by atoms with van der Waals surface area (Å²) in [5.74, 6) is 0.258. The molecule has 6 rings (SSSR count). The van der Waals surface area contributed by atoms with Crippen LogP contribution in [0.3, 0.4) is 0 Å². The number of urea groups is 1. The maximum atomic E-state index is 13.6. The van der Waals surface area contributed by atoms with Crippen molar-refractivity contribution in [3.8, 4) is 5.75 Å². The van der Waals surface area contributed by atoms with Crippen molar-refractivity contribution >= 4 is 17.8 Å². The first-order chi connectivity index (χ1) is 19.7. The number of fused-ring (bicyclic) bond motifs is 3. The lowest BCUT2D eigenvalue weighted by Crippen LogP contribution is -2.55. The number of rotatable bonds is 7. The van der Waals surface area contributed by atoms with Crippen LogP contribution in [0.5, 0.6) is 5.75 Å². The molecule has 0 radical (unpaired) electrons. The zero-order valence-electron chi connectivity index (χ0n) is 22.9. The fraction of sp³-hybridized carbons (Fsp3) is 0.414. The molecule has 1 aromatic carbocycles. The van der Waals surface area contributed by atoms with Crippen LogP contribution < -0.4 is 20.7 Å². The van der Waals surface area contributed by atoms with Crippen LogP contribution in [0.2, 0.25) is 0 Å². The van der Waals surface area contributed by atoms with E-state index >= 15 is 0 Å². The minimum atomic E-state index is -0.676. The van der Waals surface area contributed by atoms with Gasteiger partial charge >= 0.3 is 6.03 Å². The molecule has 0 saturated carbocycles. The Balaban J connectivity index is 1.11. The van der Waals surface area contributed by atoms with Gasteiger partial charge in [-0.1, -0.05) is 18.2 Å². The second kappa shape index (κ2) is 11.0. The van der Waals surface area contributed by atoms with Crippen LogP contribution >= 0.6 is 0 Å². The zero-order chi connectivity index (χ0) is 28.6. The van der Waals surface area contributed by atoms with E-state index in [4.69, 9.17) is 14.2 Å². The lowest BCUT2D eigenvalue weighted by molar-refractivity contribution is -0.141. The van der Waals surface area contributed by atoms with Gasteiger partial charge in [-0.05, 0) is 50.1 Å². The van der Waals surface area contributed by atoms with E-state index in [2.05, 4.69) is 25.8 Å². The first-order valence-corrected chi connectivity index (χ1v) is 13.7. The number of nitrogens with one attached hydrogen (secondary N) is 3. The number of carbonyl (C=O) groups excluding carboxylic acids is 2. The number of pyridine rings is 1. The van der Waals surface area contributed by atoms with E-state index in [9.17, 15) is 14.0 Å². The smallest absolute Gasteiger partial charge is 0.328 e. The molecule has 41 heavy (non-hydrogen) atoms. The Morgan fingerprint density at radius 2 is 2.07 bits per heavy atom. The highest BCUT2D eigenvalue weighted by Crippen LogP contribution is 2.33. The van der Waals surface area contributed by atoms with Gasteiger partial charge in [-0.2, -0.15) is 0 Å². The largest absolute Gasteiger partial charge is 0.491 e. The van der Waals surface area contributed by atoms with E-state index in [0.717, 1.165) is 24.2 Å². The second-order valence-corrected chi connectivity index (χ2v) is 10.9. The monoisotopic (exact) mass is 564 g/mol. The van der Waals surface area contributed by atoms with E-state index in [1.165, 1.54) is 12.1 Å². The van der Waals surface area contributed by atoms with Gasteiger partial charge in [-0.15, -0.1) is 0 Å². The summed E-state index contributed by atoms with van der Waals surface area (Å²) in [6.07, 6.45) is 5.86. The number of allylic oxidation sites excluding steroid dienone is 1. The quantitative estimate of drug-likeness (QED) is 0.470. The van der Waals surface area contributed by atoms with E-state index in [0.29, 0.717) is 37.1 Å². The molecule has 1 aromatic heterocycles. The Morgan fingerprint density at radius 3 is 2.85 bits per heavy atom. The minimum absolute atomic E-state index is 0.0574. The average Bonchev–Trinajstić information content (AvgIpc) is 3.54. The van der Waals surface area contributed by atoms with Crippen molar-refractivity contribution in [3.05, 3.63) is 77.6 Å². The number of halogens is 1. The molecule has 5 heterocycles. The standard InChI is InChI=1S/C29H33FN6O5/c1-29(2)40-17-22(41-29)16-39-21-9-11-31-25(13-21)34-28(38)36-20-10-12-35(15-20)24-8-7-23(33-26(24)36)27(37)32-14-18-3-5-19(30)6-4-18/h3-9,11,13,20,22-23,33H,10,12,14-17H2,1-2H3,(H,32,37)(H,31,34,38)/t20-,22-,23?/m0/s1. The Kier molecular flexibility index (Phi) is 7.26. The van der Waals surface area contributed by atoms with Gasteiger partial charge < -0.3 is 29.7 Å². The van der Waals surface area contributed by atoms with E-state index in [-0.39, 0.29) is 36.4 Å². The van der Waals surface area contributed by atoms with Crippen molar-refractivity contribution in [1.29, 1.82) is 0 Å². The second-order valence-electron chi connectivity index (χ2n) is 10.9. The molecule has 2 saturated heterocycles. The molecule has 3 amide bonds. The Hall–Kier alpha value is -4.16. The molecule has 4 aliphatic heterocycles. The predicted octanol–water partition coefficient (Wildman–Crippen LogP) is 2.69. The summed E-state index contributed by atoms with van der Waals surface area (Å²) < 4.78 is 30.4. The van der Waals surface area contributed by atoms with Crippen LogP contribution in [0.1, 0.15) is 25.8 Å². The molecule has 3 atom stereocenters. The van der Waals surface area contributed by atoms with Gasteiger partial charge in [0.05, 0.1) is 18.3 Å². The van der Waals surface area contributed by atoms with Crippen molar-refractivity contribution < 1.29 is 28.2 Å². The molecule has 2 fully saturated rings. The summed E-state index contributed by atoms with van der Waals surface area (Å²) in [7, 11) is 0. The number of nitrogens with zero attached hydrogens (tertiary/aromatic N) is 3. The summed E-state index contributed by atoms with van der Waals surface area (Å²) in [6.45, 7) is 6.25. The highest BCUT2D eigenvalue weighted by atomic mass is 19.1. The highest BCUT2D eigenvalue weighted by Gasteiger charge is 2.42. The van der Waals surface area contributed by atoms with Gasteiger partial charge in [-0.3, -0.25) is 15.0 Å². The normalized spacial score (nSPS) is 24.1. The van der Waals surface area contributed by atoms with Gasteiger partial charge in [0.25, 0.3) is 0 Å². The Morgan fingerprint density at radius 1 is 1.24 bits per heavy atom. The Labute approximate surface area is 237 Å². The molecule has 12 heteroatoms. The third-order valence-corrected chi connectivity index (χ3v) is 7.44. The minimum Gasteiger partial charge on any atom is -0.491 e. The fourth-order valence-electron chi connectivity index (χ4n) is 5.43. The van der Waals surface area contributed by atoms with E-state index < -0.39 is 11.8 Å². The third-order valence-electron chi connectivity index (χ3n) is 7.44. The van der Waals surface area contributed by atoms with Crippen molar-refractivity contribution in [2.75, 3.05) is 31.6 Å². The van der Waals surface area contributed by atoms with Crippen LogP contribution in [0.4, 0.5) is 15.0 Å². The number of hydrogen-bond acceptors (Lipinski definition) is 8. The molecule has 2 bridgehead atoms. The lowest BCUT2D eigenvalue weighted by atomic mass is 10.1. The van der Waals surface area contributed by atoms with Crippen LogP contribution in [-0.4, -0.2) is 77.0 Å². The summed E-state index contributed by atoms with van der Waals surface area (Å²) in [5, 5.41) is 9.03. The predicted molar refractivity (Wildman–Crippen MR) is 147 cm³/mol. The number of ether oxygens (including phenoxy) is 3. The van der Waals surface area contributed by atoms with Gasteiger partial charge in [0.15, 0.2) is 5.79 Å². The topological polar surface area (TPSA) is 117 Å². The molecule has 4 aliphatic rings. The molecule has 1 unspecified atom stereocenters.